The molecule has 0 aliphatic rings. The fourth-order valence-electron chi connectivity index (χ4n) is 0.621. The quantitative estimate of drug-likeness (QED) is 0.734. The van der Waals surface area contributed by atoms with Crippen molar-refractivity contribution in [3.63, 3.8) is 0 Å². The molecule has 1 atom stereocenters. The standard InChI is InChI=1S/C10H22O3Si/c1-8(11)9(12)7-13-14(5,6)10(2,3)4/h9,12H,7H2,1-6H3/t9-/m1/s1. The van der Waals surface area contributed by atoms with Crippen molar-refractivity contribution in [1.29, 1.82) is 0 Å². The predicted molar refractivity (Wildman–Crippen MR) is 59.8 cm³/mol. The summed E-state index contributed by atoms with van der Waals surface area (Å²) in [5, 5.41) is 9.42. The third-order valence-corrected chi connectivity index (χ3v) is 7.38. The lowest BCUT2D eigenvalue weighted by Crippen LogP contribution is -2.43. The van der Waals surface area contributed by atoms with Crippen LogP contribution in [-0.4, -0.2) is 31.9 Å². The van der Waals surface area contributed by atoms with Gasteiger partial charge in [-0.15, -0.1) is 0 Å². The second-order valence-corrected chi connectivity index (χ2v) is 10.0. The number of hydrogen-bond donors (Lipinski definition) is 1. The third kappa shape index (κ3) is 3.90. The molecule has 0 rings (SSSR count). The van der Waals surface area contributed by atoms with Gasteiger partial charge in [-0.2, -0.15) is 0 Å². The van der Waals surface area contributed by atoms with Crippen LogP contribution < -0.4 is 0 Å². The van der Waals surface area contributed by atoms with Crippen LogP contribution in [0.4, 0.5) is 0 Å². The zero-order valence-corrected chi connectivity index (χ0v) is 11.0. The van der Waals surface area contributed by atoms with Crippen LogP contribution in [0.1, 0.15) is 27.7 Å². The van der Waals surface area contributed by atoms with E-state index in [9.17, 15) is 9.90 Å². The minimum absolute atomic E-state index is 0.115. The van der Waals surface area contributed by atoms with E-state index in [2.05, 4.69) is 33.9 Å². The van der Waals surface area contributed by atoms with E-state index in [0.717, 1.165) is 0 Å². The molecule has 0 saturated carbocycles. The van der Waals surface area contributed by atoms with Crippen molar-refractivity contribution in [2.24, 2.45) is 0 Å². The van der Waals surface area contributed by atoms with Gasteiger partial charge in [-0.05, 0) is 25.1 Å². The van der Waals surface area contributed by atoms with Crippen molar-refractivity contribution in [3.05, 3.63) is 0 Å². The number of aliphatic hydroxyl groups excluding tert-OH is 1. The van der Waals surface area contributed by atoms with Gasteiger partial charge in [-0.25, -0.2) is 0 Å². The summed E-state index contributed by atoms with van der Waals surface area (Å²) in [6.07, 6.45) is -0.968. The highest BCUT2D eigenvalue weighted by atomic mass is 28.4. The topological polar surface area (TPSA) is 46.5 Å². The van der Waals surface area contributed by atoms with Crippen molar-refractivity contribution in [1.82, 2.24) is 0 Å². The second kappa shape index (κ2) is 4.55. The molecular formula is C10H22O3Si. The average molecular weight is 218 g/mol. The molecule has 0 amide bonds. The van der Waals surface area contributed by atoms with Gasteiger partial charge in [0.2, 0.25) is 0 Å². The molecule has 0 aromatic rings. The summed E-state index contributed by atoms with van der Waals surface area (Å²) < 4.78 is 5.69. The number of hydrogen-bond acceptors (Lipinski definition) is 3. The van der Waals surface area contributed by atoms with Crippen LogP contribution in [-0.2, 0) is 9.22 Å². The Balaban J connectivity index is 4.20. The summed E-state index contributed by atoms with van der Waals surface area (Å²) in [6.45, 7) is 12.1. The fraction of sp³-hybridized carbons (Fsp3) is 0.900. The minimum atomic E-state index is -1.83. The first kappa shape index (κ1) is 13.8. The molecule has 0 aliphatic heterocycles. The van der Waals surface area contributed by atoms with Crippen LogP contribution in [0, 0.1) is 0 Å². The summed E-state index contributed by atoms with van der Waals surface area (Å²) in [5.41, 5.74) is 0. The highest BCUT2D eigenvalue weighted by Crippen LogP contribution is 2.36. The Morgan fingerprint density at radius 2 is 1.86 bits per heavy atom. The Hall–Kier alpha value is -0.193. The van der Waals surface area contributed by atoms with E-state index >= 15 is 0 Å². The van der Waals surface area contributed by atoms with Gasteiger partial charge in [0.25, 0.3) is 0 Å². The Kier molecular flexibility index (Phi) is 4.49. The molecule has 0 aromatic carbocycles. The molecule has 0 saturated heterocycles. The number of ketones is 1. The van der Waals surface area contributed by atoms with Crippen molar-refractivity contribution < 1.29 is 14.3 Å². The molecule has 0 aliphatic carbocycles. The molecule has 84 valence electrons. The van der Waals surface area contributed by atoms with E-state index in [1.165, 1.54) is 6.92 Å². The molecule has 0 radical (unpaired) electrons. The van der Waals surface area contributed by atoms with Gasteiger partial charge < -0.3 is 9.53 Å². The van der Waals surface area contributed by atoms with Crippen LogP contribution in [0.2, 0.25) is 18.1 Å². The molecule has 0 heterocycles. The van der Waals surface area contributed by atoms with Gasteiger partial charge in [0.15, 0.2) is 14.1 Å². The van der Waals surface area contributed by atoms with Crippen molar-refractivity contribution >= 4 is 14.1 Å². The Morgan fingerprint density at radius 1 is 1.43 bits per heavy atom. The molecule has 0 aromatic heterocycles. The average Bonchev–Trinajstić information content (AvgIpc) is 1.97. The summed E-state index contributed by atoms with van der Waals surface area (Å²) in [7, 11) is -1.83. The van der Waals surface area contributed by atoms with Gasteiger partial charge in [0.1, 0.15) is 6.10 Å². The Labute approximate surface area is 87.6 Å². The number of Topliss-reactive ketones (excluding diaryl/α,β-unsaturated/α-hetero) is 1. The second-order valence-electron chi connectivity index (χ2n) is 5.20. The maximum absolute atomic E-state index is 10.8. The van der Waals surface area contributed by atoms with E-state index in [1.54, 1.807) is 0 Å². The molecule has 0 spiro atoms. The summed E-state index contributed by atoms with van der Waals surface area (Å²) >= 11 is 0. The van der Waals surface area contributed by atoms with E-state index in [-0.39, 0.29) is 17.4 Å². The molecule has 0 bridgehead atoms. The zero-order valence-electron chi connectivity index (χ0n) is 10.0. The molecule has 0 unspecified atom stereocenters. The lowest BCUT2D eigenvalue weighted by Gasteiger charge is -2.36. The van der Waals surface area contributed by atoms with Crippen molar-refractivity contribution in [3.8, 4) is 0 Å². The van der Waals surface area contributed by atoms with E-state index in [4.69, 9.17) is 4.43 Å². The van der Waals surface area contributed by atoms with Crippen LogP contribution in [0.25, 0.3) is 0 Å². The van der Waals surface area contributed by atoms with Crippen LogP contribution in [0.15, 0.2) is 0 Å². The fourth-order valence-corrected chi connectivity index (χ4v) is 1.63. The highest BCUT2D eigenvalue weighted by molar-refractivity contribution is 6.74. The number of carbonyl (C=O) groups is 1. The Bertz CT molecular complexity index is 206. The van der Waals surface area contributed by atoms with Gasteiger partial charge in [-0.3, -0.25) is 4.79 Å². The van der Waals surface area contributed by atoms with Crippen LogP contribution in [0.3, 0.4) is 0 Å². The zero-order chi connectivity index (χ0) is 11.6. The molecular weight excluding hydrogens is 196 g/mol. The number of rotatable bonds is 4. The van der Waals surface area contributed by atoms with Crippen molar-refractivity contribution in [2.75, 3.05) is 6.61 Å². The molecule has 3 nitrogen and oxygen atoms in total. The van der Waals surface area contributed by atoms with E-state index in [1.807, 2.05) is 0 Å². The monoisotopic (exact) mass is 218 g/mol. The molecule has 1 N–H and O–H groups in total. The van der Waals surface area contributed by atoms with Crippen molar-refractivity contribution in [2.45, 2.75) is 51.9 Å². The summed E-state index contributed by atoms with van der Waals surface area (Å²) in [5.74, 6) is -0.233. The molecule has 4 heteroatoms. The highest BCUT2D eigenvalue weighted by Gasteiger charge is 2.37. The normalized spacial score (nSPS) is 15.4. The molecule has 14 heavy (non-hydrogen) atoms. The van der Waals surface area contributed by atoms with Gasteiger partial charge >= 0.3 is 0 Å². The Morgan fingerprint density at radius 3 is 2.14 bits per heavy atom. The van der Waals surface area contributed by atoms with Gasteiger partial charge in [0, 0.05) is 0 Å². The lowest BCUT2D eigenvalue weighted by atomic mass is 10.2. The first-order chi connectivity index (χ1) is 6.08. The maximum atomic E-state index is 10.8. The summed E-state index contributed by atoms with van der Waals surface area (Å²) in [6, 6.07) is 0. The number of carbonyl (C=O) groups excluding carboxylic acids is 1. The maximum Gasteiger partial charge on any atom is 0.192 e. The molecule has 0 fully saturated rings. The first-order valence-electron chi connectivity index (χ1n) is 4.90. The smallest absolute Gasteiger partial charge is 0.192 e. The van der Waals surface area contributed by atoms with Gasteiger partial charge in [-0.1, -0.05) is 20.8 Å². The van der Waals surface area contributed by atoms with E-state index < -0.39 is 14.4 Å². The van der Waals surface area contributed by atoms with Gasteiger partial charge in [0.05, 0.1) is 6.61 Å². The van der Waals surface area contributed by atoms with Crippen LogP contribution >= 0.6 is 0 Å². The minimum Gasteiger partial charge on any atom is -0.414 e. The predicted octanol–water partition coefficient (Wildman–Crippen LogP) is 1.96. The number of aliphatic hydroxyl groups is 1. The largest absolute Gasteiger partial charge is 0.414 e. The summed E-state index contributed by atoms with van der Waals surface area (Å²) in [4.78, 5) is 10.8. The SMILES string of the molecule is CC(=O)[C@H](O)CO[Si](C)(C)C(C)(C)C. The van der Waals surface area contributed by atoms with Crippen LogP contribution in [0.5, 0.6) is 0 Å². The third-order valence-electron chi connectivity index (χ3n) is 2.88. The van der Waals surface area contributed by atoms with E-state index in [0.29, 0.717) is 0 Å². The first-order valence-corrected chi connectivity index (χ1v) is 7.81. The lowest BCUT2D eigenvalue weighted by molar-refractivity contribution is -0.126.